The highest BCUT2D eigenvalue weighted by atomic mass is 19.1. The van der Waals surface area contributed by atoms with Crippen LogP contribution in [0.25, 0.3) is 10.9 Å². The molecule has 0 unspecified atom stereocenters. The Morgan fingerprint density at radius 3 is 2.67 bits per heavy atom. The van der Waals surface area contributed by atoms with Crippen LogP contribution in [0, 0.1) is 12.7 Å². The van der Waals surface area contributed by atoms with E-state index in [2.05, 4.69) is 25.4 Å². The smallest absolute Gasteiger partial charge is 0.327 e. The van der Waals surface area contributed by atoms with Crippen LogP contribution in [-0.4, -0.2) is 42.7 Å². The van der Waals surface area contributed by atoms with Gasteiger partial charge in [-0.3, -0.25) is 14.5 Å². The zero-order valence-electron chi connectivity index (χ0n) is 20.6. The molecule has 10 heteroatoms. The fraction of sp³-hybridized carbons (Fsp3) is 0.346. The minimum atomic E-state index is -0.438. The van der Waals surface area contributed by atoms with Crippen LogP contribution in [-0.2, 0) is 29.2 Å². The van der Waals surface area contributed by atoms with Gasteiger partial charge in [0.25, 0.3) is 5.56 Å². The number of carbonyl (C=O) groups excluding carboxylic acids is 1. The molecule has 0 fully saturated rings. The lowest BCUT2D eigenvalue weighted by Crippen LogP contribution is -2.33. The Hall–Kier alpha value is -3.92. The largest absolute Gasteiger partial charge is 0.465 e. The number of halogens is 1. The summed E-state index contributed by atoms with van der Waals surface area (Å²) >= 11 is 0. The van der Waals surface area contributed by atoms with Gasteiger partial charge in [0.15, 0.2) is 5.82 Å². The molecule has 0 aliphatic rings. The second kappa shape index (κ2) is 11.2. The van der Waals surface area contributed by atoms with E-state index in [0.717, 1.165) is 22.0 Å². The number of carbonyl (C=O) groups is 1. The van der Waals surface area contributed by atoms with E-state index in [-0.39, 0.29) is 30.6 Å². The van der Waals surface area contributed by atoms with Crippen LogP contribution in [0.1, 0.15) is 48.8 Å². The summed E-state index contributed by atoms with van der Waals surface area (Å²) in [5.74, 6) is -0.273. The van der Waals surface area contributed by atoms with E-state index in [1.165, 1.54) is 16.8 Å². The number of H-pyrrole nitrogens is 1. The second-order valence-corrected chi connectivity index (χ2v) is 8.62. The highest BCUT2D eigenvalue weighted by Gasteiger charge is 2.27. The van der Waals surface area contributed by atoms with Crippen molar-refractivity contribution in [2.24, 2.45) is 0 Å². The lowest BCUT2D eigenvalue weighted by molar-refractivity contribution is -0.144. The molecule has 0 saturated heterocycles. The molecule has 2 aromatic carbocycles. The number of hydrogen-bond acceptors (Lipinski definition) is 7. The molecule has 1 atom stereocenters. The number of rotatable bonds is 10. The van der Waals surface area contributed by atoms with Crippen molar-refractivity contribution in [2.75, 3.05) is 6.61 Å². The van der Waals surface area contributed by atoms with Crippen LogP contribution in [0.15, 0.2) is 53.3 Å². The minimum absolute atomic E-state index is 0.118. The second-order valence-electron chi connectivity index (χ2n) is 8.62. The number of pyridine rings is 1. The molecular formula is C26H29FN6O3. The number of esters is 1. The van der Waals surface area contributed by atoms with E-state index in [4.69, 9.17) is 4.74 Å². The molecule has 36 heavy (non-hydrogen) atoms. The molecule has 4 rings (SSSR count). The first kappa shape index (κ1) is 25.2. The van der Waals surface area contributed by atoms with Crippen LogP contribution >= 0.6 is 0 Å². The van der Waals surface area contributed by atoms with Crippen molar-refractivity contribution >= 4 is 16.9 Å². The summed E-state index contributed by atoms with van der Waals surface area (Å²) in [4.78, 5) is 30.3. The number of aryl methyl sites for hydroxylation is 1. The van der Waals surface area contributed by atoms with Crippen LogP contribution < -0.4 is 5.56 Å². The van der Waals surface area contributed by atoms with Gasteiger partial charge >= 0.3 is 5.97 Å². The zero-order chi connectivity index (χ0) is 25.7. The maximum absolute atomic E-state index is 13.6. The number of hydrogen-bond donors (Lipinski definition) is 1. The van der Waals surface area contributed by atoms with E-state index in [0.29, 0.717) is 30.9 Å². The first-order valence-corrected chi connectivity index (χ1v) is 11.9. The Morgan fingerprint density at radius 1 is 1.17 bits per heavy atom. The first-order chi connectivity index (χ1) is 17.4. The number of nitrogens with zero attached hydrogens (tertiary/aromatic N) is 5. The van der Waals surface area contributed by atoms with Gasteiger partial charge in [-0.1, -0.05) is 37.3 Å². The fourth-order valence-electron chi connectivity index (χ4n) is 4.36. The number of ether oxygens (including phenoxy) is 1. The monoisotopic (exact) mass is 492 g/mol. The molecule has 2 aromatic heterocycles. The predicted octanol–water partition coefficient (Wildman–Crippen LogP) is 3.68. The van der Waals surface area contributed by atoms with Gasteiger partial charge in [-0.2, -0.15) is 0 Å². The van der Waals surface area contributed by atoms with Crippen LogP contribution in [0.3, 0.4) is 0 Å². The molecule has 4 aromatic rings. The quantitative estimate of drug-likeness (QED) is 0.337. The van der Waals surface area contributed by atoms with Crippen LogP contribution in [0.4, 0.5) is 4.39 Å². The van der Waals surface area contributed by atoms with Crippen molar-refractivity contribution in [1.29, 1.82) is 0 Å². The highest BCUT2D eigenvalue weighted by Crippen LogP contribution is 2.27. The lowest BCUT2D eigenvalue weighted by atomic mass is 10.1. The molecule has 0 radical (unpaired) electrons. The number of tetrazole rings is 1. The molecular weight excluding hydrogens is 463 g/mol. The average Bonchev–Trinajstić information content (AvgIpc) is 3.29. The van der Waals surface area contributed by atoms with Crippen molar-refractivity contribution in [3.8, 4) is 0 Å². The third kappa shape index (κ3) is 5.65. The molecule has 0 amide bonds. The Kier molecular flexibility index (Phi) is 7.84. The SMILES string of the molecule is CCOC(=O)Cn1nnnc1[C@@H](CC)N(Cc1ccc(F)cc1)Cc1cc2cccc(C)c2[nH]c1=O. The number of aromatic amines is 1. The molecule has 0 saturated carbocycles. The topological polar surface area (TPSA) is 106 Å². The van der Waals surface area contributed by atoms with Crippen molar-refractivity contribution in [2.45, 2.75) is 52.9 Å². The third-order valence-electron chi connectivity index (χ3n) is 6.11. The van der Waals surface area contributed by atoms with E-state index < -0.39 is 5.97 Å². The molecule has 9 nitrogen and oxygen atoms in total. The van der Waals surface area contributed by atoms with Gasteiger partial charge in [-0.05, 0) is 65.4 Å². The molecule has 188 valence electrons. The number of para-hydroxylation sites is 1. The highest BCUT2D eigenvalue weighted by molar-refractivity contribution is 5.81. The standard InChI is InChI=1S/C26H29FN6O3/c1-4-22(25-29-30-31-33(25)16-23(34)36-5-2)32(14-18-9-11-21(27)12-10-18)15-20-13-19-8-6-7-17(3)24(19)28-26(20)35/h6-13,22H,4-5,14-16H2,1-3H3,(H,28,35)/t22-/m1/s1. The molecule has 2 heterocycles. The predicted molar refractivity (Wildman–Crippen MR) is 132 cm³/mol. The summed E-state index contributed by atoms with van der Waals surface area (Å²) in [6.07, 6.45) is 0.606. The van der Waals surface area contributed by atoms with Crippen LogP contribution in [0.2, 0.25) is 0 Å². The van der Waals surface area contributed by atoms with Gasteiger partial charge in [0, 0.05) is 18.7 Å². The molecule has 0 aliphatic heterocycles. The molecule has 0 aliphatic carbocycles. The number of aromatic nitrogens is 5. The minimum Gasteiger partial charge on any atom is -0.465 e. The normalized spacial score (nSPS) is 12.2. The van der Waals surface area contributed by atoms with Gasteiger partial charge < -0.3 is 9.72 Å². The summed E-state index contributed by atoms with van der Waals surface area (Å²) in [6, 6.07) is 13.7. The lowest BCUT2D eigenvalue weighted by Gasteiger charge is -2.30. The van der Waals surface area contributed by atoms with Crippen molar-refractivity contribution in [3.63, 3.8) is 0 Å². The molecule has 0 spiro atoms. The third-order valence-corrected chi connectivity index (χ3v) is 6.11. The first-order valence-electron chi connectivity index (χ1n) is 11.9. The summed E-state index contributed by atoms with van der Waals surface area (Å²) in [6.45, 7) is 6.52. The van der Waals surface area contributed by atoms with Gasteiger partial charge in [0.2, 0.25) is 0 Å². The van der Waals surface area contributed by atoms with Crippen molar-refractivity contribution < 1.29 is 13.9 Å². The maximum atomic E-state index is 13.6. The Balaban J connectivity index is 1.72. The van der Waals surface area contributed by atoms with E-state index in [1.54, 1.807) is 19.1 Å². The number of benzene rings is 2. The summed E-state index contributed by atoms with van der Waals surface area (Å²) < 4.78 is 20.0. The van der Waals surface area contributed by atoms with Gasteiger partial charge in [-0.25, -0.2) is 9.07 Å². The van der Waals surface area contributed by atoms with Crippen molar-refractivity contribution in [1.82, 2.24) is 30.1 Å². The maximum Gasteiger partial charge on any atom is 0.327 e. The average molecular weight is 493 g/mol. The van der Waals surface area contributed by atoms with Crippen molar-refractivity contribution in [3.05, 3.63) is 87.2 Å². The summed E-state index contributed by atoms with van der Waals surface area (Å²) in [5.41, 5.74) is 3.07. The number of fused-ring (bicyclic) bond motifs is 1. The van der Waals surface area contributed by atoms with E-state index >= 15 is 0 Å². The van der Waals surface area contributed by atoms with E-state index in [9.17, 15) is 14.0 Å². The van der Waals surface area contributed by atoms with E-state index in [1.807, 2.05) is 38.1 Å². The Bertz CT molecular complexity index is 1400. The Morgan fingerprint density at radius 2 is 1.94 bits per heavy atom. The van der Waals surface area contributed by atoms with Gasteiger partial charge in [0.05, 0.1) is 18.2 Å². The van der Waals surface area contributed by atoms with Crippen LogP contribution in [0.5, 0.6) is 0 Å². The summed E-state index contributed by atoms with van der Waals surface area (Å²) in [7, 11) is 0. The van der Waals surface area contributed by atoms with Gasteiger partial charge in [-0.15, -0.1) is 5.10 Å². The Labute approximate surface area is 207 Å². The van der Waals surface area contributed by atoms with Gasteiger partial charge in [0.1, 0.15) is 12.4 Å². The molecule has 0 bridgehead atoms. The summed E-state index contributed by atoms with van der Waals surface area (Å²) in [5, 5.41) is 12.9. The number of nitrogens with one attached hydrogen (secondary N) is 1. The zero-order valence-corrected chi connectivity index (χ0v) is 20.6. The fourth-order valence-corrected chi connectivity index (χ4v) is 4.36. The molecule has 1 N–H and O–H groups in total.